The number of thiophene rings is 1. The lowest BCUT2D eigenvalue weighted by atomic mass is 10.3. The van der Waals surface area contributed by atoms with Crippen LogP contribution in [0, 0.1) is 0 Å². The largest absolute Gasteiger partial charge is 0.481 e. The van der Waals surface area contributed by atoms with E-state index in [0.29, 0.717) is 0 Å². The van der Waals surface area contributed by atoms with Gasteiger partial charge in [0.1, 0.15) is 12.2 Å². The van der Waals surface area contributed by atoms with Crippen molar-refractivity contribution >= 4 is 17.3 Å². The van der Waals surface area contributed by atoms with E-state index in [1.165, 1.54) is 17.7 Å². The molecule has 2 rings (SSSR count). The van der Waals surface area contributed by atoms with Gasteiger partial charge >= 0.3 is 5.97 Å². The van der Waals surface area contributed by atoms with Crippen LogP contribution < -0.4 is 5.32 Å². The van der Waals surface area contributed by atoms with Crippen molar-refractivity contribution in [3.05, 3.63) is 34.0 Å². The molecule has 0 aliphatic heterocycles. The van der Waals surface area contributed by atoms with Crippen LogP contribution in [-0.2, 0) is 24.2 Å². The van der Waals surface area contributed by atoms with Crippen LogP contribution in [0.5, 0.6) is 0 Å². The Morgan fingerprint density at radius 1 is 1.44 bits per heavy atom. The van der Waals surface area contributed by atoms with E-state index in [2.05, 4.69) is 20.5 Å². The van der Waals surface area contributed by atoms with Crippen molar-refractivity contribution in [1.82, 2.24) is 20.5 Å². The molecule has 0 aromatic carbocycles. The fraction of sp³-hybridized carbons (Fsp3) is 0.364. The summed E-state index contributed by atoms with van der Waals surface area (Å²) in [6, 6.07) is 3.83. The number of nitrogens with zero attached hydrogens (tertiary/aromatic N) is 2. The molecule has 0 saturated carbocycles. The summed E-state index contributed by atoms with van der Waals surface area (Å²) in [5.41, 5.74) is 0. The Morgan fingerprint density at radius 3 is 3.00 bits per heavy atom. The van der Waals surface area contributed by atoms with Gasteiger partial charge in [0.25, 0.3) is 0 Å². The summed E-state index contributed by atoms with van der Waals surface area (Å²) in [7, 11) is 0. The molecule has 0 unspecified atom stereocenters. The zero-order chi connectivity index (χ0) is 12.8. The molecule has 0 aliphatic carbocycles. The first-order valence-electron chi connectivity index (χ1n) is 5.58. The molecule has 2 heterocycles. The Bertz CT molecular complexity index is 495. The third kappa shape index (κ3) is 3.94. The SMILES string of the molecule is O=C(O)Cc1ccc(CNCCc2ncn[nH]2)s1. The van der Waals surface area contributed by atoms with Crippen molar-refractivity contribution in [2.45, 2.75) is 19.4 Å². The van der Waals surface area contributed by atoms with Gasteiger partial charge in [-0.2, -0.15) is 5.10 Å². The van der Waals surface area contributed by atoms with Crippen LogP contribution in [0.15, 0.2) is 18.5 Å². The standard InChI is InChI=1S/C11H14N4O2S/c16-11(17)5-8-1-2-9(18-8)6-12-4-3-10-13-7-14-15-10/h1-2,7,12H,3-6H2,(H,16,17)(H,13,14,15). The molecule has 0 radical (unpaired) electrons. The second-order valence-electron chi connectivity index (χ2n) is 3.80. The minimum Gasteiger partial charge on any atom is -0.481 e. The molecular formula is C11H14N4O2S. The summed E-state index contributed by atoms with van der Waals surface area (Å²) in [5, 5.41) is 18.5. The Labute approximate surface area is 108 Å². The monoisotopic (exact) mass is 266 g/mol. The van der Waals surface area contributed by atoms with Gasteiger partial charge in [0, 0.05) is 29.3 Å². The second kappa shape index (κ2) is 6.27. The van der Waals surface area contributed by atoms with E-state index in [0.717, 1.165) is 35.1 Å². The summed E-state index contributed by atoms with van der Waals surface area (Å²) >= 11 is 1.53. The topological polar surface area (TPSA) is 90.9 Å². The van der Waals surface area contributed by atoms with Crippen molar-refractivity contribution in [3.8, 4) is 0 Å². The van der Waals surface area contributed by atoms with Crippen molar-refractivity contribution in [2.24, 2.45) is 0 Å². The quantitative estimate of drug-likeness (QED) is 0.646. The lowest BCUT2D eigenvalue weighted by Gasteiger charge is -2.00. The molecule has 3 N–H and O–H groups in total. The predicted molar refractivity (Wildman–Crippen MR) is 67.5 cm³/mol. The molecule has 7 heteroatoms. The van der Waals surface area contributed by atoms with Gasteiger partial charge in [0.2, 0.25) is 0 Å². The number of H-pyrrole nitrogens is 1. The number of carboxylic acids is 1. The highest BCUT2D eigenvalue weighted by atomic mass is 32.1. The maximum absolute atomic E-state index is 10.5. The van der Waals surface area contributed by atoms with Gasteiger partial charge in [-0.3, -0.25) is 9.89 Å². The second-order valence-corrected chi connectivity index (χ2v) is 5.05. The Kier molecular flexibility index (Phi) is 4.43. The van der Waals surface area contributed by atoms with Gasteiger partial charge < -0.3 is 10.4 Å². The average Bonchev–Trinajstić information content (AvgIpc) is 2.95. The third-order valence-electron chi connectivity index (χ3n) is 2.35. The van der Waals surface area contributed by atoms with E-state index in [4.69, 9.17) is 5.11 Å². The fourth-order valence-corrected chi connectivity index (χ4v) is 2.51. The molecule has 0 amide bonds. The Balaban J connectivity index is 1.70. The lowest BCUT2D eigenvalue weighted by molar-refractivity contribution is -0.136. The van der Waals surface area contributed by atoms with Crippen molar-refractivity contribution in [2.75, 3.05) is 6.54 Å². The number of nitrogens with one attached hydrogen (secondary N) is 2. The number of aliphatic carboxylic acids is 1. The van der Waals surface area contributed by atoms with Gasteiger partial charge in [0.05, 0.1) is 6.42 Å². The van der Waals surface area contributed by atoms with E-state index >= 15 is 0 Å². The molecule has 0 fully saturated rings. The number of carbonyl (C=O) groups is 1. The number of aromatic amines is 1. The molecule has 0 aliphatic rings. The Morgan fingerprint density at radius 2 is 2.28 bits per heavy atom. The van der Waals surface area contributed by atoms with Gasteiger partial charge in [-0.05, 0) is 12.1 Å². The molecule has 0 bridgehead atoms. The van der Waals surface area contributed by atoms with Crippen LogP contribution in [0.25, 0.3) is 0 Å². The van der Waals surface area contributed by atoms with E-state index in [9.17, 15) is 4.79 Å². The van der Waals surface area contributed by atoms with Crippen LogP contribution in [0.3, 0.4) is 0 Å². The highest BCUT2D eigenvalue weighted by molar-refractivity contribution is 7.12. The lowest BCUT2D eigenvalue weighted by Crippen LogP contribution is -2.16. The third-order valence-corrected chi connectivity index (χ3v) is 3.43. The molecule has 96 valence electrons. The predicted octanol–water partition coefficient (Wildman–Crippen LogP) is 0.826. The maximum Gasteiger partial charge on any atom is 0.308 e. The fourth-order valence-electron chi connectivity index (χ4n) is 1.53. The summed E-state index contributed by atoms with van der Waals surface area (Å²) in [6.45, 7) is 1.56. The smallest absolute Gasteiger partial charge is 0.308 e. The number of rotatable bonds is 7. The van der Waals surface area contributed by atoms with Crippen LogP contribution in [-0.4, -0.2) is 32.8 Å². The zero-order valence-electron chi connectivity index (χ0n) is 9.72. The number of aromatic nitrogens is 3. The number of hydrogen-bond acceptors (Lipinski definition) is 5. The number of hydrogen-bond donors (Lipinski definition) is 3. The van der Waals surface area contributed by atoms with Gasteiger partial charge in [-0.1, -0.05) is 0 Å². The van der Waals surface area contributed by atoms with Crippen LogP contribution >= 0.6 is 11.3 Å². The molecule has 2 aromatic rings. The molecule has 0 atom stereocenters. The van der Waals surface area contributed by atoms with Crippen molar-refractivity contribution < 1.29 is 9.90 Å². The highest BCUT2D eigenvalue weighted by Gasteiger charge is 2.04. The molecule has 18 heavy (non-hydrogen) atoms. The van der Waals surface area contributed by atoms with E-state index in [1.54, 1.807) is 0 Å². The molecule has 6 nitrogen and oxygen atoms in total. The molecule has 0 spiro atoms. The zero-order valence-corrected chi connectivity index (χ0v) is 10.5. The first-order chi connectivity index (χ1) is 8.74. The van der Waals surface area contributed by atoms with E-state index in [1.807, 2.05) is 12.1 Å². The first kappa shape index (κ1) is 12.7. The van der Waals surface area contributed by atoms with E-state index < -0.39 is 5.97 Å². The van der Waals surface area contributed by atoms with Gasteiger partial charge in [-0.15, -0.1) is 11.3 Å². The van der Waals surface area contributed by atoms with Crippen molar-refractivity contribution in [3.63, 3.8) is 0 Å². The van der Waals surface area contributed by atoms with Gasteiger partial charge in [-0.25, -0.2) is 4.98 Å². The summed E-state index contributed by atoms with van der Waals surface area (Å²) in [6.07, 6.45) is 2.39. The van der Waals surface area contributed by atoms with Crippen LogP contribution in [0.4, 0.5) is 0 Å². The van der Waals surface area contributed by atoms with Gasteiger partial charge in [0.15, 0.2) is 0 Å². The number of carboxylic acid groups (broad SMARTS) is 1. The molecule has 2 aromatic heterocycles. The van der Waals surface area contributed by atoms with Crippen LogP contribution in [0.1, 0.15) is 15.6 Å². The molecule has 0 saturated heterocycles. The summed E-state index contributed by atoms with van der Waals surface area (Å²) in [5.74, 6) is 0.0712. The van der Waals surface area contributed by atoms with E-state index in [-0.39, 0.29) is 6.42 Å². The average molecular weight is 266 g/mol. The first-order valence-corrected chi connectivity index (χ1v) is 6.40. The summed E-state index contributed by atoms with van der Waals surface area (Å²) < 4.78 is 0. The minimum atomic E-state index is -0.790. The summed E-state index contributed by atoms with van der Waals surface area (Å²) in [4.78, 5) is 16.6. The van der Waals surface area contributed by atoms with Crippen molar-refractivity contribution in [1.29, 1.82) is 0 Å². The minimum absolute atomic E-state index is 0.0999. The Hall–Kier alpha value is -1.73. The van der Waals surface area contributed by atoms with Crippen LogP contribution in [0.2, 0.25) is 0 Å². The molecular weight excluding hydrogens is 252 g/mol. The normalized spacial score (nSPS) is 10.7. The maximum atomic E-state index is 10.5. The highest BCUT2D eigenvalue weighted by Crippen LogP contribution is 2.16.